The number of hydrogen-bond donors (Lipinski definition) is 1. The standard InChI is InChI=1S/C11H20ClNO2/c1-8(2)9-3-5-13(6-4-9)7-10(12)11(14)15/h8-10H,3-7H2,1-2H3,(H,14,15). The van der Waals surface area contributed by atoms with Gasteiger partial charge in [0.1, 0.15) is 5.38 Å². The summed E-state index contributed by atoms with van der Waals surface area (Å²) in [5, 5.41) is 7.93. The van der Waals surface area contributed by atoms with Crippen LogP contribution in [0.1, 0.15) is 26.7 Å². The van der Waals surface area contributed by atoms with Gasteiger partial charge in [-0.3, -0.25) is 4.79 Å². The minimum Gasteiger partial charge on any atom is -0.480 e. The first-order chi connectivity index (χ1) is 7.00. The zero-order chi connectivity index (χ0) is 11.4. The first kappa shape index (κ1) is 12.8. The topological polar surface area (TPSA) is 40.5 Å². The average Bonchev–Trinajstić information content (AvgIpc) is 2.18. The predicted octanol–water partition coefficient (Wildman–Crippen LogP) is 2.05. The first-order valence-corrected chi connectivity index (χ1v) is 6.03. The number of likely N-dealkylation sites (tertiary alicyclic amines) is 1. The summed E-state index contributed by atoms with van der Waals surface area (Å²) in [6.07, 6.45) is 2.34. The van der Waals surface area contributed by atoms with E-state index in [0.717, 1.165) is 24.9 Å². The molecule has 4 heteroatoms. The predicted molar refractivity (Wildman–Crippen MR) is 61.3 cm³/mol. The molecule has 1 fully saturated rings. The van der Waals surface area contributed by atoms with Crippen LogP contribution in [-0.2, 0) is 4.79 Å². The van der Waals surface area contributed by atoms with Crippen LogP contribution in [0.5, 0.6) is 0 Å². The zero-order valence-electron chi connectivity index (χ0n) is 9.45. The normalized spacial score (nSPS) is 21.9. The summed E-state index contributed by atoms with van der Waals surface area (Å²) in [5.74, 6) is 0.612. The van der Waals surface area contributed by atoms with Gasteiger partial charge in [0.15, 0.2) is 0 Å². The molecule has 0 aromatic carbocycles. The van der Waals surface area contributed by atoms with Crippen LogP contribution in [0.2, 0.25) is 0 Å². The Bertz CT molecular complexity index is 213. The van der Waals surface area contributed by atoms with Gasteiger partial charge in [0.25, 0.3) is 0 Å². The van der Waals surface area contributed by atoms with E-state index >= 15 is 0 Å². The van der Waals surface area contributed by atoms with Gasteiger partial charge in [0.2, 0.25) is 0 Å². The molecule has 0 amide bonds. The second-order valence-corrected chi connectivity index (χ2v) is 5.21. The quantitative estimate of drug-likeness (QED) is 0.756. The van der Waals surface area contributed by atoms with Crippen LogP contribution in [0, 0.1) is 11.8 Å². The molecule has 0 bridgehead atoms. The molecular formula is C11H20ClNO2. The van der Waals surface area contributed by atoms with E-state index in [4.69, 9.17) is 16.7 Å². The van der Waals surface area contributed by atoms with Gasteiger partial charge >= 0.3 is 5.97 Å². The van der Waals surface area contributed by atoms with Gasteiger partial charge in [-0.05, 0) is 37.8 Å². The molecule has 0 radical (unpaired) electrons. The maximum atomic E-state index is 10.6. The summed E-state index contributed by atoms with van der Waals surface area (Å²) in [5.41, 5.74) is 0. The molecule has 88 valence electrons. The number of carboxylic acid groups (broad SMARTS) is 1. The van der Waals surface area contributed by atoms with Gasteiger partial charge in [-0.2, -0.15) is 0 Å². The summed E-state index contributed by atoms with van der Waals surface area (Å²) in [4.78, 5) is 12.7. The van der Waals surface area contributed by atoms with Crippen LogP contribution in [-0.4, -0.2) is 41.0 Å². The summed E-state index contributed by atoms with van der Waals surface area (Å²) in [6.45, 7) is 6.95. The highest BCUT2D eigenvalue weighted by Gasteiger charge is 2.24. The SMILES string of the molecule is CC(C)C1CCN(CC(Cl)C(=O)O)CC1. The largest absolute Gasteiger partial charge is 0.480 e. The summed E-state index contributed by atoms with van der Waals surface area (Å²) in [7, 11) is 0. The fourth-order valence-corrected chi connectivity index (χ4v) is 2.30. The number of rotatable bonds is 4. The Morgan fingerprint density at radius 1 is 1.47 bits per heavy atom. The third-order valence-corrected chi connectivity index (χ3v) is 3.59. The Morgan fingerprint density at radius 3 is 2.40 bits per heavy atom. The number of hydrogen-bond acceptors (Lipinski definition) is 2. The van der Waals surface area contributed by atoms with Crippen LogP contribution in [0.3, 0.4) is 0 Å². The van der Waals surface area contributed by atoms with Crippen molar-refractivity contribution in [1.82, 2.24) is 4.90 Å². The van der Waals surface area contributed by atoms with Crippen molar-refractivity contribution >= 4 is 17.6 Å². The lowest BCUT2D eigenvalue weighted by Gasteiger charge is -2.34. The van der Waals surface area contributed by atoms with Crippen molar-refractivity contribution in [2.75, 3.05) is 19.6 Å². The Balaban J connectivity index is 2.28. The fourth-order valence-electron chi connectivity index (χ4n) is 2.11. The molecule has 0 saturated carbocycles. The lowest BCUT2D eigenvalue weighted by molar-refractivity contribution is -0.137. The van der Waals surface area contributed by atoms with Gasteiger partial charge in [0.05, 0.1) is 0 Å². The molecule has 1 atom stereocenters. The van der Waals surface area contributed by atoms with E-state index in [-0.39, 0.29) is 0 Å². The third-order valence-electron chi connectivity index (χ3n) is 3.26. The van der Waals surface area contributed by atoms with Crippen LogP contribution in [0.15, 0.2) is 0 Å². The second-order valence-electron chi connectivity index (χ2n) is 4.69. The number of nitrogens with zero attached hydrogens (tertiary/aromatic N) is 1. The van der Waals surface area contributed by atoms with Crippen molar-refractivity contribution in [3.05, 3.63) is 0 Å². The number of alkyl halides is 1. The third kappa shape index (κ3) is 3.99. The minimum absolute atomic E-state index is 0.474. The summed E-state index contributed by atoms with van der Waals surface area (Å²) >= 11 is 5.71. The number of piperidine rings is 1. The van der Waals surface area contributed by atoms with E-state index < -0.39 is 11.3 Å². The molecule has 1 saturated heterocycles. The number of carbonyl (C=O) groups is 1. The Kier molecular flexibility index (Phi) is 4.87. The molecular weight excluding hydrogens is 214 g/mol. The number of carboxylic acids is 1. The smallest absolute Gasteiger partial charge is 0.322 e. The molecule has 0 aromatic heterocycles. The lowest BCUT2D eigenvalue weighted by Crippen LogP contribution is -2.40. The molecule has 1 aliphatic rings. The fraction of sp³-hybridized carbons (Fsp3) is 0.909. The van der Waals surface area contributed by atoms with E-state index in [0.29, 0.717) is 6.54 Å². The molecule has 0 spiro atoms. The molecule has 0 aliphatic carbocycles. The van der Waals surface area contributed by atoms with Crippen molar-refractivity contribution < 1.29 is 9.90 Å². The Labute approximate surface area is 96.4 Å². The van der Waals surface area contributed by atoms with E-state index in [1.807, 2.05) is 0 Å². The maximum Gasteiger partial charge on any atom is 0.322 e. The molecule has 1 aliphatic heterocycles. The van der Waals surface area contributed by atoms with Gasteiger partial charge in [-0.1, -0.05) is 13.8 Å². The van der Waals surface area contributed by atoms with Gasteiger partial charge < -0.3 is 10.0 Å². The first-order valence-electron chi connectivity index (χ1n) is 5.60. The van der Waals surface area contributed by atoms with Gasteiger partial charge in [-0.25, -0.2) is 0 Å². The van der Waals surface area contributed by atoms with E-state index in [1.54, 1.807) is 0 Å². The highest BCUT2D eigenvalue weighted by atomic mass is 35.5. The van der Waals surface area contributed by atoms with Crippen LogP contribution >= 0.6 is 11.6 Å². The van der Waals surface area contributed by atoms with Crippen molar-refractivity contribution in [2.45, 2.75) is 32.1 Å². The molecule has 3 nitrogen and oxygen atoms in total. The molecule has 1 N–H and O–H groups in total. The average molecular weight is 234 g/mol. The van der Waals surface area contributed by atoms with Crippen molar-refractivity contribution in [1.29, 1.82) is 0 Å². The molecule has 1 unspecified atom stereocenters. The Hall–Kier alpha value is -0.280. The highest BCUT2D eigenvalue weighted by Crippen LogP contribution is 2.24. The summed E-state index contributed by atoms with van der Waals surface area (Å²) < 4.78 is 0. The highest BCUT2D eigenvalue weighted by molar-refractivity contribution is 6.29. The van der Waals surface area contributed by atoms with Crippen molar-refractivity contribution in [3.8, 4) is 0 Å². The second kappa shape index (κ2) is 5.71. The van der Waals surface area contributed by atoms with E-state index in [9.17, 15) is 4.79 Å². The number of aliphatic carboxylic acids is 1. The number of halogens is 1. The Morgan fingerprint density at radius 2 is 2.00 bits per heavy atom. The van der Waals surface area contributed by atoms with Crippen LogP contribution in [0.25, 0.3) is 0 Å². The lowest BCUT2D eigenvalue weighted by atomic mass is 9.87. The maximum absolute atomic E-state index is 10.6. The van der Waals surface area contributed by atoms with E-state index in [2.05, 4.69) is 18.7 Å². The minimum atomic E-state index is -0.914. The van der Waals surface area contributed by atoms with Crippen molar-refractivity contribution in [2.24, 2.45) is 11.8 Å². The van der Waals surface area contributed by atoms with Gasteiger partial charge in [0, 0.05) is 6.54 Å². The monoisotopic (exact) mass is 233 g/mol. The van der Waals surface area contributed by atoms with Crippen molar-refractivity contribution in [3.63, 3.8) is 0 Å². The molecule has 15 heavy (non-hydrogen) atoms. The summed E-state index contributed by atoms with van der Waals surface area (Å²) in [6, 6.07) is 0. The zero-order valence-corrected chi connectivity index (χ0v) is 10.2. The van der Waals surface area contributed by atoms with Gasteiger partial charge in [-0.15, -0.1) is 11.6 Å². The van der Waals surface area contributed by atoms with Crippen LogP contribution < -0.4 is 0 Å². The molecule has 0 aromatic rings. The molecule has 1 heterocycles. The van der Waals surface area contributed by atoms with Crippen LogP contribution in [0.4, 0.5) is 0 Å². The molecule has 1 rings (SSSR count). The van der Waals surface area contributed by atoms with E-state index in [1.165, 1.54) is 12.8 Å².